The minimum absolute atomic E-state index is 0.0385. The summed E-state index contributed by atoms with van der Waals surface area (Å²) in [4.78, 5) is 35.9. The SMILES string of the molecule is CCCC(CC(=O)Nc1cnn(CC(=O)O)c1)NC(=O)OCC1c2ccccc2-c2ccccc21. The zero-order valence-corrected chi connectivity index (χ0v) is 19.4. The van der Waals surface area contributed by atoms with Crippen LogP contribution in [0.5, 0.6) is 0 Å². The Morgan fingerprint density at radius 2 is 1.74 bits per heavy atom. The molecule has 0 saturated carbocycles. The Kier molecular flexibility index (Phi) is 7.45. The quantitative estimate of drug-likeness (QED) is 0.406. The fourth-order valence-electron chi connectivity index (χ4n) is 4.47. The number of ether oxygens (including phenoxy) is 1. The number of carboxylic acid groups (broad SMARTS) is 1. The van der Waals surface area contributed by atoms with E-state index < -0.39 is 18.1 Å². The van der Waals surface area contributed by atoms with Crippen molar-refractivity contribution in [2.75, 3.05) is 11.9 Å². The van der Waals surface area contributed by atoms with Gasteiger partial charge in [0.2, 0.25) is 5.91 Å². The largest absolute Gasteiger partial charge is 0.480 e. The lowest BCUT2D eigenvalue weighted by Gasteiger charge is -2.19. The average molecular weight is 477 g/mol. The molecule has 182 valence electrons. The molecule has 1 atom stereocenters. The van der Waals surface area contributed by atoms with Crippen LogP contribution in [-0.2, 0) is 20.9 Å². The summed E-state index contributed by atoms with van der Waals surface area (Å²) in [5, 5.41) is 18.2. The number of amides is 2. The van der Waals surface area contributed by atoms with Crippen molar-refractivity contribution in [2.45, 2.75) is 44.7 Å². The van der Waals surface area contributed by atoms with Crippen LogP contribution in [-0.4, -0.2) is 45.5 Å². The number of hydrogen-bond acceptors (Lipinski definition) is 5. The first-order valence-electron chi connectivity index (χ1n) is 11.6. The zero-order chi connectivity index (χ0) is 24.8. The number of carboxylic acids is 1. The van der Waals surface area contributed by atoms with Crippen LogP contribution in [0.4, 0.5) is 10.5 Å². The lowest BCUT2D eigenvalue weighted by atomic mass is 9.98. The van der Waals surface area contributed by atoms with E-state index in [1.54, 1.807) is 0 Å². The van der Waals surface area contributed by atoms with Gasteiger partial charge in [-0.15, -0.1) is 0 Å². The van der Waals surface area contributed by atoms with Crippen LogP contribution in [0.2, 0.25) is 0 Å². The lowest BCUT2D eigenvalue weighted by Crippen LogP contribution is -2.38. The number of rotatable bonds is 10. The second-order valence-electron chi connectivity index (χ2n) is 8.53. The molecule has 0 aliphatic heterocycles. The monoisotopic (exact) mass is 476 g/mol. The molecule has 0 spiro atoms. The van der Waals surface area contributed by atoms with Crippen LogP contribution in [0.1, 0.15) is 43.2 Å². The molecule has 1 aromatic heterocycles. The van der Waals surface area contributed by atoms with Crippen molar-refractivity contribution >= 4 is 23.7 Å². The van der Waals surface area contributed by atoms with Gasteiger partial charge in [-0.25, -0.2) is 4.79 Å². The maximum absolute atomic E-state index is 12.6. The predicted molar refractivity (Wildman–Crippen MR) is 130 cm³/mol. The molecule has 1 aliphatic carbocycles. The van der Waals surface area contributed by atoms with E-state index in [4.69, 9.17) is 9.84 Å². The number of fused-ring (bicyclic) bond motifs is 3. The minimum atomic E-state index is -1.03. The fourth-order valence-corrected chi connectivity index (χ4v) is 4.47. The maximum atomic E-state index is 12.6. The summed E-state index contributed by atoms with van der Waals surface area (Å²) in [6, 6.07) is 15.9. The molecule has 1 unspecified atom stereocenters. The van der Waals surface area contributed by atoms with Crippen LogP contribution >= 0.6 is 0 Å². The topological polar surface area (TPSA) is 123 Å². The Bertz CT molecular complexity index is 1180. The van der Waals surface area contributed by atoms with Crippen LogP contribution < -0.4 is 10.6 Å². The molecule has 3 aromatic rings. The van der Waals surface area contributed by atoms with E-state index in [1.807, 2.05) is 31.2 Å². The first-order valence-corrected chi connectivity index (χ1v) is 11.6. The molecule has 2 aromatic carbocycles. The molecule has 1 heterocycles. The average Bonchev–Trinajstić information content (AvgIpc) is 3.39. The van der Waals surface area contributed by atoms with Gasteiger partial charge in [0.15, 0.2) is 0 Å². The first kappa shape index (κ1) is 24.0. The van der Waals surface area contributed by atoms with Crippen molar-refractivity contribution in [3.63, 3.8) is 0 Å². The molecular formula is C26H28N4O5. The normalized spacial score (nSPS) is 12.9. The van der Waals surface area contributed by atoms with E-state index in [2.05, 4.69) is 40.0 Å². The number of nitrogens with one attached hydrogen (secondary N) is 2. The van der Waals surface area contributed by atoms with Gasteiger partial charge in [-0.2, -0.15) is 5.10 Å². The number of nitrogens with zero attached hydrogens (tertiary/aromatic N) is 2. The highest BCUT2D eigenvalue weighted by Gasteiger charge is 2.29. The van der Waals surface area contributed by atoms with Crippen LogP contribution in [0.3, 0.4) is 0 Å². The Morgan fingerprint density at radius 1 is 1.09 bits per heavy atom. The number of carbonyl (C=O) groups excluding carboxylic acids is 2. The van der Waals surface area contributed by atoms with Crippen LogP contribution in [0.15, 0.2) is 60.9 Å². The highest BCUT2D eigenvalue weighted by molar-refractivity contribution is 5.91. The summed E-state index contributed by atoms with van der Waals surface area (Å²) in [6.45, 7) is 1.88. The van der Waals surface area contributed by atoms with Crippen molar-refractivity contribution in [3.8, 4) is 11.1 Å². The van der Waals surface area contributed by atoms with Gasteiger partial charge in [0.25, 0.3) is 0 Å². The smallest absolute Gasteiger partial charge is 0.407 e. The van der Waals surface area contributed by atoms with Gasteiger partial charge >= 0.3 is 12.1 Å². The Labute approximate surface area is 203 Å². The van der Waals surface area contributed by atoms with E-state index in [0.717, 1.165) is 28.7 Å². The third-order valence-electron chi connectivity index (χ3n) is 5.95. The van der Waals surface area contributed by atoms with E-state index in [0.29, 0.717) is 12.1 Å². The first-order chi connectivity index (χ1) is 16.9. The molecule has 0 radical (unpaired) electrons. The molecule has 35 heavy (non-hydrogen) atoms. The Morgan fingerprint density at radius 3 is 2.37 bits per heavy atom. The second kappa shape index (κ2) is 10.9. The van der Waals surface area contributed by atoms with Crippen LogP contribution in [0, 0.1) is 0 Å². The van der Waals surface area contributed by atoms with E-state index in [9.17, 15) is 14.4 Å². The Balaban J connectivity index is 1.32. The summed E-state index contributed by atoms with van der Waals surface area (Å²) >= 11 is 0. The number of alkyl carbamates (subject to hydrolysis) is 1. The van der Waals surface area contributed by atoms with E-state index in [-0.39, 0.29) is 31.4 Å². The minimum Gasteiger partial charge on any atom is -0.480 e. The molecule has 9 heteroatoms. The molecule has 0 fully saturated rings. The summed E-state index contributed by atoms with van der Waals surface area (Å²) in [5.41, 5.74) is 4.98. The van der Waals surface area contributed by atoms with Crippen LogP contribution in [0.25, 0.3) is 11.1 Å². The summed E-state index contributed by atoms with van der Waals surface area (Å²) in [6.07, 6.45) is 3.71. The van der Waals surface area contributed by atoms with Crippen molar-refractivity contribution in [2.24, 2.45) is 0 Å². The van der Waals surface area contributed by atoms with Gasteiger partial charge in [0, 0.05) is 24.6 Å². The number of aromatic nitrogens is 2. The highest BCUT2D eigenvalue weighted by Crippen LogP contribution is 2.44. The molecule has 9 nitrogen and oxygen atoms in total. The fraction of sp³-hybridized carbons (Fsp3) is 0.308. The second-order valence-corrected chi connectivity index (χ2v) is 8.53. The molecular weight excluding hydrogens is 448 g/mol. The number of benzene rings is 2. The molecule has 0 saturated heterocycles. The number of carbonyl (C=O) groups is 3. The van der Waals surface area contributed by atoms with Crippen molar-refractivity contribution in [1.82, 2.24) is 15.1 Å². The third-order valence-corrected chi connectivity index (χ3v) is 5.95. The summed E-state index contributed by atoms with van der Waals surface area (Å²) in [7, 11) is 0. The summed E-state index contributed by atoms with van der Waals surface area (Å²) < 4.78 is 6.82. The van der Waals surface area contributed by atoms with Gasteiger partial charge in [-0.05, 0) is 28.7 Å². The molecule has 1 aliphatic rings. The summed E-state index contributed by atoms with van der Waals surface area (Å²) in [5.74, 6) is -1.37. The molecule has 0 bridgehead atoms. The molecule has 3 N–H and O–H groups in total. The maximum Gasteiger partial charge on any atom is 0.407 e. The van der Waals surface area contributed by atoms with Gasteiger partial charge in [0.1, 0.15) is 13.2 Å². The van der Waals surface area contributed by atoms with E-state index in [1.165, 1.54) is 17.1 Å². The van der Waals surface area contributed by atoms with Gasteiger partial charge in [-0.1, -0.05) is 61.9 Å². The predicted octanol–water partition coefficient (Wildman–Crippen LogP) is 4.00. The molecule has 4 rings (SSSR count). The highest BCUT2D eigenvalue weighted by atomic mass is 16.5. The van der Waals surface area contributed by atoms with Crippen molar-refractivity contribution in [1.29, 1.82) is 0 Å². The number of aliphatic carboxylic acids is 1. The third kappa shape index (κ3) is 5.87. The molecule has 2 amide bonds. The van der Waals surface area contributed by atoms with Gasteiger partial charge in [0.05, 0.1) is 11.9 Å². The number of hydrogen-bond donors (Lipinski definition) is 3. The van der Waals surface area contributed by atoms with E-state index >= 15 is 0 Å². The number of anilines is 1. The zero-order valence-electron chi connectivity index (χ0n) is 19.4. The van der Waals surface area contributed by atoms with Crippen molar-refractivity contribution in [3.05, 3.63) is 72.1 Å². The Hall–Kier alpha value is -4.14. The van der Waals surface area contributed by atoms with Crippen molar-refractivity contribution < 1.29 is 24.2 Å². The lowest BCUT2D eigenvalue weighted by molar-refractivity contribution is -0.137. The van der Waals surface area contributed by atoms with Gasteiger partial charge < -0.3 is 20.5 Å². The standard InChI is InChI=1S/C26H28N4O5/c1-2-7-17(12-24(31)28-18-13-27-30(14-18)15-25(32)33)29-26(34)35-16-23-21-10-5-3-8-19(21)20-9-4-6-11-22(20)23/h3-6,8-11,13-14,17,23H,2,7,12,15-16H2,1H3,(H,28,31)(H,29,34)(H,32,33). The van der Waals surface area contributed by atoms with Gasteiger partial charge in [-0.3, -0.25) is 14.3 Å².